The minimum absolute atomic E-state index is 0.238. The number of amides is 1. The minimum Gasteiger partial charge on any atom is -0.497 e. The predicted octanol–water partition coefficient (Wildman–Crippen LogP) is 6.92. The van der Waals surface area contributed by atoms with E-state index in [4.69, 9.17) is 13.9 Å². The Bertz CT molecular complexity index is 1310. The third-order valence-corrected chi connectivity index (χ3v) is 5.69. The summed E-state index contributed by atoms with van der Waals surface area (Å²) in [5.74, 6) is 1.08. The second-order valence-corrected chi connectivity index (χ2v) is 8.17. The molecule has 3 aromatic carbocycles. The molecule has 0 saturated carbocycles. The van der Waals surface area contributed by atoms with Crippen LogP contribution in [0.2, 0.25) is 0 Å². The molecule has 6 heteroatoms. The van der Waals surface area contributed by atoms with E-state index < -0.39 is 0 Å². The maximum absolute atomic E-state index is 12.6. The second kappa shape index (κ2) is 9.32. The molecule has 0 aliphatic rings. The van der Waals surface area contributed by atoms with E-state index in [-0.39, 0.29) is 5.91 Å². The van der Waals surface area contributed by atoms with Crippen molar-refractivity contribution in [3.05, 3.63) is 83.0 Å². The van der Waals surface area contributed by atoms with E-state index >= 15 is 0 Å². The monoisotopic (exact) mass is 491 g/mol. The number of halogens is 1. The zero-order valence-corrected chi connectivity index (χ0v) is 19.5. The number of rotatable bonds is 6. The Labute approximate surface area is 194 Å². The minimum atomic E-state index is -0.238. The number of hydrogen-bond acceptors (Lipinski definition) is 4. The van der Waals surface area contributed by atoms with Crippen molar-refractivity contribution < 1.29 is 18.7 Å². The molecule has 1 amide bonds. The fourth-order valence-corrected chi connectivity index (χ4v) is 3.80. The SMILES string of the molecule is COc1cccc(NC(=O)/C=C(\C)c2cc3c(-c4ccc(Br)cc4)coc3cc2OC)c1. The van der Waals surface area contributed by atoms with E-state index in [9.17, 15) is 4.79 Å². The fourth-order valence-electron chi connectivity index (χ4n) is 3.54. The van der Waals surface area contributed by atoms with Crippen LogP contribution in [0.25, 0.3) is 27.7 Å². The molecule has 32 heavy (non-hydrogen) atoms. The van der Waals surface area contributed by atoms with Crippen LogP contribution in [0, 0.1) is 0 Å². The molecule has 1 aromatic heterocycles. The van der Waals surface area contributed by atoms with Gasteiger partial charge >= 0.3 is 0 Å². The highest BCUT2D eigenvalue weighted by atomic mass is 79.9. The highest BCUT2D eigenvalue weighted by Gasteiger charge is 2.15. The third kappa shape index (κ3) is 4.55. The average molecular weight is 492 g/mol. The number of nitrogens with one attached hydrogen (secondary N) is 1. The van der Waals surface area contributed by atoms with Gasteiger partial charge in [-0.2, -0.15) is 0 Å². The number of fused-ring (bicyclic) bond motifs is 1. The maximum Gasteiger partial charge on any atom is 0.248 e. The Morgan fingerprint density at radius 2 is 1.81 bits per heavy atom. The highest BCUT2D eigenvalue weighted by Crippen LogP contribution is 2.37. The molecule has 162 valence electrons. The predicted molar refractivity (Wildman–Crippen MR) is 131 cm³/mol. The molecule has 1 heterocycles. The van der Waals surface area contributed by atoms with Crippen LogP contribution in [-0.4, -0.2) is 20.1 Å². The van der Waals surface area contributed by atoms with Crippen molar-refractivity contribution in [2.75, 3.05) is 19.5 Å². The number of furan rings is 1. The maximum atomic E-state index is 12.6. The quantitative estimate of drug-likeness (QED) is 0.297. The van der Waals surface area contributed by atoms with Crippen molar-refractivity contribution in [1.82, 2.24) is 0 Å². The number of anilines is 1. The molecule has 0 aliphatic carbocycles. The summed E-state index contributed by atoms with van der Waals surface area (Å²) < 4.78 is 17.6. The second-order valence-electron chi connectivity index (χ2n) is 7.25. The lowest BCUT2D eigenvalue weighted by Gasteiger charge is -2.10. The van der Waals surface area contributed by atoms with E-state index in [1.54, 1.807) is 32.6 Å². The van der Waals surface area contributed by atoms with Gasteiger partial charge in [-0.3, -0.25) is 4.79 Å². The number of benzene rings is 3. The lowest BCUT2D eigenvalue weighted by Crippen LogP contribution is -2.08. The summed E-state index contributed by atoms with van der Waals surface area (Å²) in [4.78, 5) is 12.6. The Hall–Kier alpha value is -3.51. The van der Waals surface area contributed by atoms with Crippen molar-refractivity contribution in [2.45, 2.75) is 6.92 Å². The van der Waals surface area contributed by atoms with Crippen molar-refractivity contribution in [1.29, 1.82) is 0 Å². The summed E-state index contributed by atoms with van der Waals surface area (Å²) in [6, 6.07) is 19.1. The summed E-state index contributed by atoms with van der Waals surface area (Å²) in [6.45, 7) is 1.88. The van der Waals surface area contributed by atoms with Crippen molar-refractivity contribution in [2.24, 2.45) is 0 Å². The van der Waals surface area contributed by atoms with Gasteiger partial charge in [-0.05, 0) is 48.4 Å². The Kier molecular flexibility index (Phi) is 6.32. The largest absolute Gasteiger partial charge is 0.497 e. The fraction of sp³-hybridized carbons (Fsp3) is 0.115. The normalized spacial score (nSPS) is 11.4. The average Bonchev–Trinajstić information content (AvgIpc) is 3.21. The van der Waals surface area contributed by atoms with Gasteiger partial charge in [0, 0.05) is 44.9 Å². The number of carbonyl (C=O) groups is 1. The topological polar surface area (TPSA) is 60.7 Å². The van der Waals surface area contributed by atoms with Crippen LogP contribution in [0.3, 0.4) is 0 Å². The van der Waals surface area contributed by atoms with E-state index in [0.29, 0.717) is 17.2 Å². The smallest absolute Gasteiger partial charge is 0.248 e. The number of carbonyl (C=O) groups excluding carboxylic acids is 1. The van der Waals surface area contributed by atoms with Crippen LogP contribution in [0.1, 0.15) is 12.5 Å². The zero-order chi connectivity index (χ0) is 22.7. The van der Waals surface area contributed by atoms with Crippen molar-refractivity contribution in [3.63, 3.8) is 0 Å². The van der Waals surface area contributed by atoms with Gasteiger partial charge in [0.25, 0.3) is 0 Å². The molecule has 0 spiro atoms. The van der Waals surface area contributed by atoms with E-state index in [2.05, 4.69) is 21.2 Å². The molecule has 4 rings (SSSR count). The summed E-state index contributed by atoms with van der Waals surface area (Å²) >= 11 is 3.47. The van der Waals surface area contributed by atoms with Crippen LogP contribution < -0.4 is 14.8 Å². The van der Waals surface area contributed by atoms with Gasteiger partial charge in [0.05, 0.1) is 20.5 Å². The molecule has 0 saturated heterocycles. The first kappa shape index (κ1) is 21.7. The van der Waals surface area contributed by atoms with Crippen LogP contribution in [0.4, 0.5) is 5.69 Å². The first-order valence-corrected chi connectivity index (χ1v) is 10.8. The summed E-state index contributed by atoms with van der Waals surface area (Å²) in [5, 5.41) is 3.82. The Morgan fingerprint density at radius 3 is 2.53 bits per heavy atom. The van der Waals surface area contributed by atoms with Gasteiger partial charge in [-0.15, -0.1) is 0 Å². The molecule has 0 atom stereocenters. The molecule has 1 N–H and O–H groups in total. The molecule has 0 unspecified atom stereocenters. The lowest BCUT2D eigenvalue weighted by atomic mass is 9.99. The summed E-state index contributed by atoms with van der Waals surface area (Å²) in [7, 11) is 3.19. The van der Waals surface area contributed by atoms with Gasteiger partial charge in [0.1, 0.15) is 17.1 Å². The number of methoxy groups -OCH3 is 2. The molecule has 0 bridgehead atoms. The first-order valence-electron chi connectivity index (χ1n) is 9.97. The summed E-state index contributed by atoms with van der Waals surface area (Å²) in [6.07, 6.45) is 3.30. The number of allylic oxidation sites excluding steroid dienone is 1. The summed E-state index contributed by atoms with van der Waals surface area (Å²) in [5.41, 5.74) is 4.99. The van der Waals surface area contributed by atoms with Crippen molar-refractivity contribution >= 4 is 44.1 Å². The van der Waals surface area contributed by atoms with Crippen LogP contribution in [-0.2, 0) is 4.79 Å². The standard InChI is InChI=1S/C26H22BrNO4/c1-16(11-26(29)28-19-5-4-6-20(12-19)30-2)21-13-22-23(17-7-9-18(27)10-8-17)15-32-25(22)14-24(21)31-3/h4-15H,1-3H3,(H,28,29)/b16-11+. The van der Waals surface area contributed by atoms with Crippen LogP contribution in [0.5, 0.6) is 11.5 Å². The molecule has 0 radical (unpaired) electrons. The van der Waals surface area contributed by atoms with E-state index in [1.807, 2.05) is 61.5 Å². The molecule has 5 nitrogen and oxygen atoms in total. The van der Waals surface area contributed by atoms with Crippen LogP contribution >= 0.6 is 15.9 Å². The Morgan fingerprint density at radius 1 is 1.03 bits per heavy atom. The lowest BCUT2D eigenvalue weighted by molar-refractivity contribution is -0.111. The number of ether oxygens (including phenoxy) is 2. The zero-order valence-electron chi connectivity index (χ0n) is 17.9. The number of hydrogen-bond donors (Lipinski definition) is 1. The van der Waals surface area contributed by atoms with Crippen molar-refractivity contribution in [3.8, 4) is 22.6 Å². The molecular weight excluding hydrogens is 470 g/mol. The molecule has 0 aliphatic heterocycles. The van der Waals surface area contributed by atoms with E-state index in [0.717, 1.165) is 37.7 Å². The van der Waals surface area contributed by atoms with Crippen LogP contribution in [0.15, 0.2) is 81.9 Å². The molecule has 0 fully saturated rings. The third-order valence-electron chi connectivity index (χ3n) is 5.16. The van der Waals surface area contributed by atoms with Gasteiger partial charge in [0.2, 0.25) is 5.91 Å². The Balaban J connectivity index is 1.69. The first-order chi connectivity index (χ1) is 15.5. The molecular formula is C26H22BrNO4. The van der Waals surface area contributed by atoms with Gasteiger partial charge in [0.15, 0.2) is 0 Å². The van der Waals surface area contributed by atoms with Gasteiger partial charge in [-0.25, -0.2) is 0 Å². The highest BCUT2D eigenvalue weighted by molar-refractivity contribution is 9.10. The molecule has 4 aromatic rings. The van der Waals surface area contributed by atoms with E-state index in [1.165, 1.54) is 0 Å². The van der Waals surface area contributed by atoms with Gasteiger partial charge in [-0.1, -0.05) is 34.1 Å². The van der Waals surface area contributed by atoms with Gasteiger partial charge < -0.3 is 19.2 Å².